The van der Waals surface area contributed by atoms with E-state index in [2.05, 4.69) is 34.6 Å². The second-order valence-electron chi connectivity index (χ2n) is 10.2. The smallest absolute Gasteiger partial charge is 0.305 e. The van der Waals surface area contributed by atoms with E-state index in [1.807, 2.05) is 0 Å². The van der Waals surface area contributed by atoms with Crippen LogP contribution in [0.4, 0.5) is 0 Å². The fourth-order valence-electron chi connectivity index (χ4n) is 3.66. The van der Waals surface area contributed by atoms with Crippen LogP contribution in [0.15, 0.2) is 0 Å². The van der Waals surface area contributed by atoms with Crippen LogP contribution < -0.4 is 0 Å². The van der Waals surface area contributed by atoms with Crippen molar-refractivity contribution in [3.8, 4) is 0 Å². The third kappa shape index (κ3) is 27.4. The highest BCUT2D eigenvalue weighted by Crippen LogP contribution is 2.25. The molecule has 0 N–H and O–H groups in total. The van der Waals surface area contributed by atoms with E-state index in [0.29, 0.717) is 77.0 Å². The van der Waals surface area contributed by atoms with Crippen LogP contribution in [0.25, 0.3) is 0 Å². The van der Waals surface area contributed by atoms with E-state index in [4.69, 9.17) is 23.7 Å². The number of unbranched alkanes of at least 4 members (excludes halogenated alkanes) is 5. The molecule has 0 saturated carbocycles. The average molecular weight is 475 g/mol. The molecule has 198 valence electrons. The lowest BCUT2D eigenvalue weighted by molar-refractivity contribution is -0.144. The lowest BCUT2D eigenvalue weighted by Crippen LogP contribution is -2.14. The van der Waals surface area contributed by atoms with E-state index < -0.39 is 0 Å². The summed E-state index contributed by atoms with van der Waals surface area (Å²) in [7, 11) is 0. The first kappa shape index (κ1) is 32.3. The largest absolute Gasteiger partial charge is 0.466 e. The minimum absolute atomic E-state index is 0.133. The fraction of sp³-hybridized carbons (Fsp3) is 0.963. The maximum absolute atomic E-state index is 11.8. The van der Waals surface area contributed by atoms with Crippen LogP contribution in [0.1, 0.15) is 98.8 Å². The summed E-state index contributed by atoms with van der Waals surface area (Å²) in [5, 5.41) is 0. The number of ether oxygens (including phenoxy) is 5. The predicted octanol–water partition coefficient (Wildman–Crippen LogP) is 6.20. The predicted molar refractivity (Wildman–Crippen MR) is 135 cm³/mol. The molecule has 0 bridgehead atoms. The standard InChI is InChI=1S/C27H54O6/c1-6-7-8-9-10-11-15-29-18-20-31-22-23-32-21-19-30-16-12-13-26(28)33-17-14-25(2)24-27(3,4)5/h25H,6-24H2,1-5H3. The van der Waals surface area contributed by atoms with Crippen LogP contribution in [0.5, 0.6) is 0 Å². The van der Waals surface area contributed by atoms with Crippen molar-refractivity contribution in [2.75, 3.05) is 59.5 Å². The molecule has 0 spiro atoms. The van der Waals surface area contributed by atoms with Gasteiger partial charge in [0, 0.05) is 19.6 Å². The van der Waals surface area contributed by atoms with Crippen molar-refractivity contribution in [3.63, 3.8) is 0 Å². The molecule has 0 aromatic heterocycles. The van der Waals surface area contributed by atoms with Crippen molar-refractivity contribution < 1.29 is 28.5 Å². The topological polar surface area (TPSA) is 63.2 Å². The van der Waals surface area contributed by atoms with E-state index in [1.165, 1.54) is 32.1 Å². The summed E-state index contributed by atoms with van der Waals surface area (Å²) in [6, 6.07) is 0. The van der Waals surface area contributed by atoms with E-state index in [-0.39, 0.29) is 5.97 Å². The second-order valence-corrected chi connectivity index (χ2v) is 10.2. The molecule has 0 radical (unpaired) electrons. The van der Waals surface area contributed by atoms with Crippen molar-refractivity contribution in [1.82, 2.24) is 0 Å². The molecule has 33 heavy (non-hydrogen) atoms. The molecule has 0 aromatic carbocycles. The highest BCUT2D eigenvalue weighted by Gasteiger charge is 2.15. The van der Waals surface area contributed by atoms with Crippen molar-refractivity contribution in [3.05, 3.63) is 0 Å². The van der Waals surface area contributed by atoms with Gasteiger partial charge in [0.05, 0.1) is 46.2 Å². The van der Waals surface area contributed by atoms with E-state index >= 15 is 0 Å². The average Bonchev–Trinajstić information content (AvgIpc) is 2.74. The number of carbonyl (C=O) groups is 1. The van der Waals surface area contributed by atoms with Crippen molar-refractivity contribution in [1.29, 1.82) is 0 Å². The van der Waals surface area contributed by atoms with Gasteiger partial charge in [0.2, 0.25) is 0 Å². The van der Waals surface area contributed by atoms with Gasteiger partial charge in [-0.3, -0.25) is 4.79 Å². The van der Waals surface area contributed by atoms with Crippen molar-refractivity contribution in [2.45, 2.75) is 98.8 Å². The van der Waals surface area contributed by atoms with Crippen LogP contribution in [-0.2, 0) is 28.5 Å². The van der Waals surface area contributed by atoms with Gasteiger partial charge in [-0.2, -0.15) is 0 Å². The summed E-state index contributed by atoms with van der Waals surface area (Å²) in [6.45, 7) is 16.5. The Morgan fingerprint density at radius 2 is 1.15 bits per heavy atom. The fourth-order valence-corrected chi connectivity index (χ4v) is 3.66. The van der Waals surface area contributed by atoms with Gasteiger partial charge < -0.3 is 23.7 Å². The zero-order valence-electron chi connectivity index (χ0n) is 22.5. The highest BCUT2D eigenvalue weighted by atomic mass is 16.6. The molecule has 6 heteroatoms. The van der Waals surface area contributed by atoms with E-state index in [1.54, 1.807) is 0 Å². The van der Waals surface area contributed by atoms with Crippen LogP contribution >= 0.6 is 0 Å². The second kappa shape index (κ2) is 23.1. The number of hydrogen-bond acceptors (Lipinski definition) is 6. The summed E-state index contributed by atoms with van der Waals surface area (Å²) in [6.07, 6.45) is 10.9. The maximum Gasteiger partial charge on any atom is 0.305 e. The van der Waals surface area contributed by atoms with E-state index in [0.717, 1.165) is 25.9 Å². The molecule has 0 aliphatic heterocycles. The van der Waals surface area contributed by atoms with Crippen LogP contribution in [-0.4, -0.2) is 65.4 Å². The molecule has 0 aliphatic rings. The minimum Gasteiger partial charge on any atom is -0.466 e. The molecular weight excluding hydrogens is 420 g/mol. The molecule has 0 fully saturated rings. The number of hydrogen-bond donors (Lipinski definition) is 0. The molecule has 0 aromatic rings. The Labute approximate surface area is 204 Å². The molecule has 0 heterocycles. The number of carbonyl (C=O) groups excluding carboxylic acids is 1. The Balaban J connectivity index is 3.22. The Morgan fingerprint density at radius 3 is 1.70 bits per heavy atom. The molecule has 0 saturated heterocycles. The van der Waals surface area contributed by atoms with Gasteiger partial charge in [-0.05, 0) is 37.0 Å². The van der Waals surface area contributed by atoms with E-state index in [9.17, 15) is 4.79 Å². The van der Waals surface area contributed by atoms with Gasteiger partial charge in [-0.1, -0.05) is 66.7 Å². The monoisotopic (exact) mass is 474 g/mol. The normalized spacial score (nSPS) is 12.8. The molecular formula is C27H54O6. The van der Waals surface area contributed by atoms with Gasteiger partial charge >= 0.3 is 5.97 Å². The summed E-state index contributed by atoms with van der Waals surface area (Å²) >= 11 is 0. The van der Waals surface area contributed by atoms with Gasteiger partial charge in [0.15, 0.2) is 0 Å². The highest BCUT2D eigenvalue weighted by molar-refractivity contribution is 5.69. The number of rotatable bonds is 24. The summed E-state index contributed by atoms with van der Waals surface area (Å²) < 4.78 is 27.4. The summed E-state index contributed by atoms with van der Waals surface area (Å²) in [5.74, 6) is 0.431. The third-order valence-electron chi connectivity index (χ3n) is 5.26. The van der Waals surface area contributed by atoms with Crippen LogP contribution in [0.3, 0.4) is 0 Å². The van der Waals surface area contributed by atoms with Crippen molar-refractivity contribution >= 4 is 5.97 Å². The summed E-state index contributed by atoms with van der Waals surface area (Å²) in [5.41, 5.74) is 0.319. The molecule has 1 unspecified atom stereocenters. The Hall–Kier alpha value is -0.690. The Morgan fingerprint density at radius 1 is 0.667 bits per heavy atom. The van der Waals surface area contributed by atoms with Gasteiger partial charge in [0.25, 0.3) is 0 Å². The molecule has 0 rings (SSSR count). The van der Waals surface area contributed by atoms with Crippen LogP contribution in [0.2, 0.25) is 0 Å². The van der Waals surface area contributed by atoms with Gasteiger partial charge in [0.1, 0.15) is 0 Å². The third-order valence-corrected chi connectivity index (χ3v) is 5.26. The minimum atomic E-state index is -0.133. The zero-order chi connectivity index (χ0) is 24.6. The first-order valence-electron chi connectivity index (χ1n) is 13.3. The molecule has 6 nitrogen and oxygen atoms in total. The molecule has 1 atom stereocenters. The maximum atomic E-state index is 11.8. The Bertz CT molecular complexity index is 421. The van der Waals surface area contributed by atoms with Gasteiger partial charge in [-0.25, -0.2) is 0 Å². The van der Waals surface area contributed by atoms with Crippen LogP contribution in [0, 0.1) is 11.3 Å². The SMILES string of the molecule is CCCCCCCCOCCOCCOCCOCCCC(=O)OCCC(C)CC(C)(C)C. The first-order valence-corrected chi connectivity index (χ1v) is 13.3. The lowest BCUT2D eigenvalue weighted by Gasteiger charge is -2.22. The zero-order valence-corrected chi connectivity index (χ0v) is 22.5. The quantitative estimate of drug-likeness (QED) is 0.123. The first-order chi connectivity index (χ1) is 15.8. The lowest BCUT2D eigenvalue weighted by atomic mass is 9.84. The summed E-state index contributed by atoms with van der Waals surface area (Å²) in [4.78, 5) is 11.8. The van der Waals surface area contributed by atoms with Crippen molar-refractivity contribution in [2.24, 2.45) is 11.3 Å². The Kier molecular flexibility index (Phi) is 22.6. The molecule has 0 amide bonds. The number of esters is 1. The molecule has 0 aliphatic carbocycles. The van der Waals surface area contributed by atoms with Gasteiger partial charge in [-0.15, -0.1) is 0 Å².